The molecule has 6 nitrogen and oxygen atoms in total. The van der Waals surface area contributed by atoms with Crippen molar-refractivity contribution in [1.82, 2.24) is 25.0 Å². The van der Waals surface area contributed by atoms with Crippen molar-refractivity contribution in [3.8, 4) is 0 Å². The summed E-state index contributed by atoms with van der Waals surface area (Å²) in [6, 6.07) is 17.9. The fourth-order valence-corrected chi connectivity index (χ4v) is 6.96. The maximum atomic E-state index is 12.1. The summed E-state index contributed by atoms with van der Waals surface area (Å²) in [5.41, 5.74) is 4.05. The van der Waals surface area contributed by atoms with Crippen LogP contribution in [0.25, 0.3) is 11.8 Å². The van der Waals surface area contributed by atoms with E-state index in [9.17, 15) is 4.79 Å². The number of pyridine rings is 1. The predicted molar refractivity (Wildman–Crippen MR) is 157 cm³/mol. The molecule has 2 aromatic heterocycles. The topological polar surface area (TPSA) is 51.7 Å². The predicted octanol–water partition coefficient (Wildman–Crippen LogP) is 3.01. The number of carbonyl (C=O) groups excluding carboxylic acids is 1. The Kier molecular flexibility index (Phi) is 8.36. The third-order valence-corrected chi connectivity index (χ3v) is 8.96. The van der Waals surface area contributed by atoms with Gasteiger partial charge in [0.25, 0.3) is 0 Å². The molecule has 0 spiro atoms. The van der Waals surface area contributed by atoms with Gasteiger partial charge in [0.2, 0.25) is 0 Å². The number of nitrogens with one attached hydrogen (secondary N) is 1. The number of benzene rings is 1. The van der Waals surface area contributed by atoms with E-state index < -0.39 is 0 Å². The van der Waals surface area contributed by atoms with Gasteiger partial charge < -0.3 is 15.1 Å². The lowest BCUT2D eigenvalue weighted by Crippen LogP contribution is -2.55. The first kappa shape index (κ1) is 26.7. The van der Waals surface area contributed by atoms with E-state index in [2.05, 4.69) is 70.6 Å². The molecule has 2 saturated heterocycles. The molecule has 3 aromatic rings. The molecule has 6 rings (SSSR count). The molecular weight excluding hydrogens is 514 g/mol. The summed E-state index contributed by atoms with van der Waals surface area (Å²) < 4.78 is 0. The number of aromatic nitrogens is 1. The average molecular weight is 550 g/mol. The van der Waals surface area contributed by atoms with Crippen LogP contribution in [-0.4, -0.2) is 77.6 Å². The van der Waals surface area contributed by atoms with Gasteiger partial charge in [0, 0.05) is 79.8 Å². The van der Waals surface area contributed by atoms with Crippen molar-refractivity contribution in [2.24, 2.45) is 0 Å². The zero-order valence-corrected chi connectivity index (χ0v) is 23.6. The first-order valence-corrected chi connectivity index (χ1v) is 14.3. The lowest BCUT2D eigenvalue weighted by Gasteiger charge is -2.44. The molecule has 1 aromatic carbocycles. The second-order valence-electron chi connectivity index (χ2n) is 10.3. The molecule has 8 heteroatoms. The standard InChI is InChI=1S/C30H35N5OS.ClH/c1-22-20-26-27(37-22)12-10-24-8-5-13-31-28(24)29(26)35-19-17-33(16-18-34-15-14-32-30(34)36)25(21-35)11-9-23-6-3-2-4-7-23;/h2-8,10,13,20,25H,9,11-12,14-19,21H2,1H3,(H,32,36);1H. The number of thiophene rings is 1. The Morgan fingerprint density at radius 3 is 2.76 bits per heavy atom. The summed E-state index contributed by atoms with van der Waals surface area (Å²) >= 11 is 1.91. The van der Waals surface area contributed by atoms with E-state index in [0.717, 1.165) is 70.4 Å². The van der Waals surface area contributed by atoms with Gasteiger partial charge in [-0.05, 0) is 42.7 Å². The number of hydrogen-bond acceptors (Lipinski definition) is 5. The number of carbonyl (C=O) groups is 1. The molecule has 3 aliphatic rings. The van der Waals surface area contributed by atoms with Crippen LogP contribution in [0.4, 0.5) is 4.79 Å². The van der Waals surface area contributed by atoms with Gasteiger partial charge >= 0.3 is 6.03 Å². The molecule has 2 fully saturated rings. The summed E-state index contributed by atoms with van der Waals surface area (Å²) in [5.74, 6) is 0. The number of amides is 2. The molecule has 2 amide bonds. The van der Waals surface area contributed by atoms with Crippen molar-refractivity contribution in [3.05, 3.63) is 86.2 Å². The van der Waals surface area contributed by atoms with Gasteiger partial charge in [-0.25, -0.2) is 4.79 Å². The minimum absolute atomic E-state index is 0. The Hall–Kier alpha value is -2.87. The van der Waals surface area contributed by atoms with Crippen LogP contribution in [-0.2, 0) is 12.8 Å². The van der Waals surface area contributed by atoms with Crippen LogP contribution in [0.1, 0.15) is 27.3 Å². The monoisotopic (exact) mass is 549 g/mol. The van der Waals surface area contributed by atoms with Crippen LogP contribution in [0.5, 0.6) is 0 Å². The quantitative estimate of drug-likeness (QED) is 0.492. The van der Waals surface area contributed by atoms with Crippen molar-refractivity contribution in [3.63, 3.8) is 0 Å². The van der Waals surface area contributed by atoms with Gasteiger partial charge in [-0.3, -0.25) is 9.88 Å². The van der Waals surface area contributed by atoms with Gasteiger partial charge in [0.15, 0.2) is 0 Å². The van der Waals surface area contributed by atoms with Crippen LogP contribution in [0.2, 0.25) is 0 Å². The molecule has 38 heavy (non-hydrogen) atoms. The number of nitrogens with zero attached hydrogens (tertiary/aromatic N) is 4. The third kappa shape index (κ3) is 5.60. The lowest BCUT2D eigenvalue weighted by molar-refractivity contribution is 0.0933. The van der Waals surface area contributed by atoms with E-state index in [1.807, 2.05) is 28.5 Å². The van der Waals surface area contributed by atoms with E-state index in [0.29, 0.717) is 6.04 Å². The maximum absolute atomic E-state index is 12.1. The fraction of sp³-hybridized carbons (Fsp3) is 0.400. The summed E-state index contributed by atoms with van der Waals surface area (Å²) in [6.07, 6.45) is 7.39. The number of hydrogen-bond donors (Lipinski definition) is 1. The third-order valence-electron chi connectivity index (χ3n) is 7.89. The molecule has 0 bridgehead atoms. The van der Waals surface area contributed by atoms with Crippen LogP contribution >= 0.6 is 23.7 Å². The molecule has 1 aliphatic carbocycles. The molecule has 200 valence electrons. The second-order valence-corrected chi connectivity index (χ2v) is 11.6. The molecular formula is C30H36ClN5OS. The first-order valence-electron chi connectivity index (χ1n) is 13.5. The molecule has 4 heterocycles. The van der Waals surface area contributed by atoms with Crippen LogP contribution in [0, 0.1) is 6.92 Å². The SMILES string of the molecule is Cc1cc2c(s1)CC=c1cccnc1=C2N1CCN(CCN2CCNC2=O)C(CCc2ccccc2)C1.Cl. The molecule has 1 atom stereocenters. The van der Waals surface area contributed by atoms with Crippen LogP contribution in [0.3, 0.4) is 0 Å². The molecule has 1 unspecified atom stereocenters. The minimum Gasteiger partial charge on any atom is -0.366 e. The number of fused-ring (bicyclic) bond motifs is 2. The van der Waals surface area contributed by atoms with Crippen molar-refractivity contribution in [2.75, 3.05) is 45.8 Å². The maximum Gasteiger partial charge on any atom is 0.317 e. The van der Waals surface area contributed by atoms with E-state index in [4.69, 9.17) is 4.98 Å². The molecule has 0 saturated carbocycles. The van der Waals surface area contributed by atoms with E-state index in [1.165, 1.54) is 31.8 Å². The fourth-order valence-electron chi connectivity index (χ4n) is 5.96. The number of rotatable bonds is 7. The van der Waals surface area contributed by atoms with Crippen molar-refractivity contribution in [1.29, 1.82) is 0 Å². The number of piperazine rings is 1. The Morgan fingerprint density at radius 1 is 1.08 bits per heavy atom. The molecule has 1 N–H and O–H groups in total. The molecule has 2 aliphatic heterocycles. The second kappa shape index (κ2) is 11.9. The van der Waals surface area contributed by atoms with E-state index in [1.54, 1.807) is 0 Å². The van der Waals surface area contributed by atoms with E-state index >= 15 is 0 Å². The van der Waals surface area contributed by atoms with Crippen LogP contribution < -0.4 is 15.9 Å². The number of aryl methyl sites for hydroxylation is 2. The van der Waals surface area contributed by atoms with Gasteiger partial charge in [-0.1, -0.05) is 42.5 Å². The summed E-state index contributed by atoms with van der Waals surface area (Å²) in [5, 5.41) is 5.29. The number of urea groups is 1. The number of halogens is 1. The van der Waals surface area contributed by atoms with Gasteiger partial charge in [-0.2, -0.15) is 0 Å². The Labute approximate surface area is 235 Å². The Balaban J connectivity index is 0.00000294. The van der Waals surface area contributed by atoms with Crippen molar-refractivity contribution >= 4 is 41.5 Å². The highest BCUT2D eigenvalue weighted by Crippen LogP contribution is 2.32. The normalized spacial score (nSPS) is 19.2. The summed E-state index contributed by atoms with van der Waals surface area (Å²) in [6.45, 7) is 8.41. The highest BCUT2D eigenvalue weighted by atomic mass is 35.5. The van der Waals surface area contributed by atoms with E-state index in [-0.39, 0.29) is 18.4 Å². The van der Waals surface area contributed by atoms with Gasteiger partial charge in [0.05, 0.1) is 11.0 Å². The van der Waals surface area contributed by atoms with Gasteiger partial charge in [-0.15, -0.1) is 23.7 Å². The van der Waals surface area contributed by atoms with Crippen molar-refractivity contribution < 1.29 is 4.79 Å². The molecule has 0 radical (unpaired) electrons. The highest BCUT2D eigenvalue weighted by Gasteiger charge is 2.31. The Morgan fingerprint density at radius 2 is 1.95 bits per heavy atom. The minimum atomic E-state index is 0. The Bertz CT molecular complexity index is 1390. The summed E-state index contributed by atoms with van der Waals surface area (Å²) in [7, 11) is 0. The summed E-state index contributed by atoms with van der Waals surface area (Å²) in [4.78, 5) is 27.0. The lowest BCUT2D eigenvalue weighted by atomic mass is 10.00. The zero-order chi connectivity index (χ0) is 25.2. The van der Waals surface area contributed by atoms with Gasteiger partial charge in [0.1, 0.15) is 0 Å². The van der Waals surface area contributed by atoms with Crippen molar-refractivity contribution in [2.45, 2.75) is 32.2 Å². The average Bonchev–Trinajstić information content (AvgIpc) is 3.47. The van der Waals surface area contributed by atoms with Crippen LogP contribution in [0.15, 0.2) is 54.7 Å². The largest absolute Gasteiger partial charge is 0.366 e. The zero-order valence-electron chi connectivity index (χ0n) is 21.9. The first-order chi connectivity index (χ1) is 18.2. The highest BCUT2D eigenvalue weighted by molar-refractivity contribution is 7.12. The smallest absolute Gasteiger partial charge is 0.317 e.